The zero-order chi connectivity index (χ0) is 14.8. The minimum absolute atomic E-state index is 0.00681. The number of hydrogen-bond donors (Lipinski definition) is 1. The first-order valence-electron chi connectivity index (χ1n) is 7.10. The fraction of sp³-hybridized carbons (Fsp3) is 0.500. The lowest BCUT2D eigenvalue weighted by molar-refractivity contribution is -0.138. The molecule has 1 saturated heterocycles. The van der Waals surface area contributed by atoms with Gasteiger partial charge in [-0.2, -0.15) is 0 Å². The van der Waals surface area contributed by atoms with Gasteiger partial charge in [0.1, 0.15) is 5.54 Å². The van der Waals surface area contributed by atoms with Crippen molar-refractivity contribution in [3.8, 4) is 0 Å². The number of amides is 2. The van der Waals surface area contributed by atoms with E-state index in [9.17, 15) is 9.59 Å². The van der Waals surface area contributed by atoms with Crippen LogP contribution < -0.4 is 5.32 Å². The first-order chi connectivity index (χ1) is 9.44. The van der Waals surface area contributed by atoms with Gasteiger partial charge in [0.2, 0.25) is 11.8 Å². The van der Waals surface area contributed by atoms with Crippen LogP contribution in [0.25, 0.3) is 0 Å². The highest BCUT2D eigenvalue weighted by molar-refractivity contribution is 5.93. The number of rotatable bonds is 3. The second kappa shape index (κ2) is 5.65. The second-order valence-corrected chi connectivity index (χ2v) is 5.70. The summed E-state index contributed by atoms with van der Waals surface area (Å²) in [5.74, 6) is -0.0400. The second-order valence-electron chi connectivity index (χ2n) is 5.70. The quantitative estimate of drug-likeness (QED) is 0.916. The molecule has 1 fully saturated rings. The fourth-order valence-corrected chi connectivity index (χ4v) is 2.53. The van der Waals surface area contributed by atoms with Crippen LogP contribution in [-0.2, 0) is 16.1 Å². The van der Waals surface area contributed by atoms with Gasteiger partial charge in [0.05, 0.1) is 0 Å². The largest absolute Gasteiger partial charge is 0.342 e. The van der Waals surface area contributed by atoms with Crippen LogP contribution in [0.3, 0.4) is 0 Å². The number of hydrogen-bond acceptors (Lipinski definition) is 2. The summed E-state index contributed by atoms with van der Waals surface area (Å²) >= 11 is 0. The van der Waals surface area contributed by atoms with E-state index in [0.717, 1.165) is 5.56 Å². The van der Waals surface area contributed by atoms with Crippen LogP contribution in [0.5, 0.6) is 0 Å². The molecule has 4 nitrogen and oxygen atoms in total. The van der Waals surface area contributed by atoms with Crippen LogP contribution in [0.15, 0.2) is 24.3 Å². The Labute approximate surface area is 120 Å². The van der Waals surface area contributed by atoms with E-state index in [1.165, 1.54) is 5.56 Å². The average Bonchev–Trinajstić information content (AvgIpc) is 2.51. The van der Waals surface area contributed by atoms with E-state index in [1.54, 1.807) is 4.90 Å². The number of nitrogens with one attached hydrogen (secondary N) is 1. The smallest absolute Gasteiger partial charge is 0.248 e. The summed E-state index contributed by atoms with van der Waals surface area (Å²) in [6, 6.07) is 8.13. The van der Waals surface area contributed by atoms with Gasteiger partial charge in [-0.05, 0) is 25.8 Å². The Balaban J connectivity index is 2.22. The molecule has 20 heavy (non-hydrogen) atoms. The van der Waals surface area contributed by atoms with E-state index in [-0.39, 0.29) is 11.8 Å². The normalized spacial score (nSPS) is 23.4. The van der Waals surface area contributed by atoms with Crippen molar-refractivity contribution >= 4 is 11.8 Å². The lowest BCUT2D eigenvalue weighted by Gasteiger charge is -2.31. The molecular weight excluding hydrogens is 252 g/mol. The van der Waals surface area contributed by atoms with Gasteiger partial charge in [0.25, 0.3) is 0 Å². The first-order valence-corrected chi connectivity index (χ1v) is 7.10. The number of aryl methyl sites for hydroxylation is 1. The maximum absolute atomic E-state index is 12.6. The van der Waals surface area contributed by atoms with Crippen LogP contribution in [0, 0.1) is 6.92 Å². The molecule has 1 aliphatic heterocycles. The summed E-state index contributed by atoms with van der Waals surface area (Å²) in [7, 11) is 0. The number of carbonyl (C=O) groups is 2. The molecule has 1 unspecified atom stereocenters. The Morgan fingerprint density at radius 3 is 2.75 bits per heavy atom. The van der Waals surface area contributed by atoms with Gasteiger partial charge >= 0.3 is 0 Å². The third-order valence-electron chi connectivity index (χ3n) is 3.95. The van der Waals surface area contributed by atoms with E-state index >= 15 is 0 Å². The monoisotopic (exact) mass is 274 g/mol. The molecule has 1 aromatic carbocycles. The summed E-state index contributed by atoms with van der Waals surface area (Å²) in [4.78, 5) is 26.2. The summed E-state index contributed by atoms with van der Waals surface area (Å²) in [5.41, 5.74) is 1.50. The Hall–Kier alpha value is -1.84. The molecule has 1 N–H and O–H groups in total. The molecule has 2 rings (SSSR count). The molecule has 1 heterocycles. The van der Waals surface area contributed by atoms with Crippen LogP contribution in [0.2, 0.25) is 0 Å². The third kappa shape index (κ3) is 3.00. The van der Waals surface area contributed by atoms with Crippen molar-refractivity contribution in [2.75, 3.05) is 6.54 Å². The van der Waals surface area contributed by atoms with Gasteiger partial charge in [0, 0.05) is 19.5 Å². The molecule has 1 aromatic rings. The Morgan fingerprint density at radius 1 is 1.35 bits per heavy atom. The van der Waals surface area contributed by atoms with E-state index < -0.39 is 5.54 Å². The van der Waals surface area contributed by atoms with Gasteiger partial charge in [-0.3, -0.25) is 9.59 Å². The maximum Gasteiger partial charge on any atom is 0.248 e. The molecule has 2 amide bonds. The predicted octanol–water partition coefficient (Wildman–Crippen LogP) is 2.01. The molecular formula is C16H22N2O2. The van der Waals surface area contributed by atoms with Crippen LogP contribution >= 0.6 is 0 Å². The molecule has 0 aromatic heterocycles. The van der Waals surface area contributed by atoms with Crippen molar-refractivity contribution in [1.82, 2.24) is 10.2 Å². The summed E-state index contributed by atoms with van der Waals surface area (Å²) in [5, 5.41) is 2.85. The first kappa shape index (κ1) is 14.6. The highest BCUT2D eigenvalue weighted by atomic mass is 16.2. The lowest BCUT2D eigenvalue weighted by atomic mass is 9.97. The molecule has 0 spiro atoms. The minimum Gasteiger partial charge on any atom is -0.342 e. The zero-order valence-corrected chi connectivity index (χ0v) is 12.4. The van der Waals surface area contributed by atoms with Crippen molar-refractivity contribution in [3.63, 3.8) is 0 Å². The van der Waals surface area contributed by atoms with Crippen molar-refractivity contribution in [3.05, 3.63) is 35.4 Å². The van der Waals surface area contributed by atoms with Crippen LogP contribution in [0.4, 0.5) is 0 Å². The molecule has 0 saturated carbocycles. The Kier molecular flexibility index (Phi) is 4.12. The van der Waals surface area contributed by atoms with E-state index in [0.29, 0.717) is 25.9 Å². The number of benzene rings is 1. The van der Waals surface area contributed by atoms with Crippen molar-refractivity contribution in [2.45, 2.75) is 45.7 Å². The number of carbonyl (C=O) groups excluding carboxylic acids is 2. The lowest BCUT2D eigenvalue weighted by Crippen LogP contribution is -2.54. The topological polar surface area (TPSA) is 49.4 Å². The fourth-order valence-electron chi connectivity index (χ4n) is 2.53. The summed E-state index contributed by atoms with van der Waals surface area (Å²) in [6.07, 6.45) is 0.967. The van der Waals surface area contributed by atoms with Gasteiger partial charge in [-0.15, -0.1) is 0 Å². The highest BCUT2D eigenvalue weighted by Gasteiger charge is 2.38. The van der Waals surface area contributed by atoms with Gasteiger partial charge in [-0.1, -0.05) is 36.8 Å². The summed E-state index contributed by atoms with van der Waals surface area (Å²) < 4.78 is 0. The Bertz CT molecular complexity index is 527. The molecule has 4 heteroatoms. The summed E-state index contributed by atoms with van der Waals surface area (Å²) in [6.45, 7) is 6.81. The van der Waals surface area contributed by atoms with Crippen molar-refractivity contribution in [1.29, 1.82) is 0 Å². The molecule has 0 bridgehead atoms. The molecule has 1 aliphatic rings. The Morgan fingerprint density at radius 2 is 2.10 bits per heavy atom. The predicted molar refractivity (Wildman–Crippen MR) is 78.1 cm³/mol. The van der Waals surface area contributed by atoms with Gasteiger partial charge < -0.3 is 10.2 Å². The van der Waals surface area contributed by atoms with Gasteiger partial charge in [0.15, 0.2) is 0 Å². The zero-order valence-electron chi connectivity index (χ0n) is 12.4. The molecule has 1 atom stereocenters. The van der Waals surface area contributed by atoms with Gasteiger partial charge in [-0.25, -0.2) is 0 Å². The maximum atomic E-state index is 12.6. The van der Waals surface area contributed by atoms with E-state index in [1.807, 2.05) is 39.0 Å². The van der Waals surface area contributed by atoms with Crippen molar-refractivity contribution in [2.24, 2.45) is 0 Å². The number of nitrogens with zero attached hydrogens (tertiary/aromatic N) is 1. The standard InChI is InChI=1S/C16H22N2O2/c1-4-16(3)15(20)18(9-8-14(19)17-16)11-13-7-5-6-12(2)10-13/h5-7,10H,4,8-9,11H2,1-3H3,(H,17,19). The van der Waals surface area contributed by atoms with E-state index in [2.05, 4.69) is 11.4 Å². The van der Waals surface area contributed by atoms with Crippen LogP contribution in [0.1, 0.15) is 37.8 Å². The molecule has 108 valence electrons. The van der Waals surface area contributed by atoms with Crippen LogP contribution in [-0.4, -0.2) is 28.8 Å². The SMILES string of the molecule is CCC1(C)NC(=O)CCN(Cc2cccc(C)c2)C1=O. The molecule has 0 radical (unpaired) electrons. The average molecular weight is 274 g/mol. The molecule has 0 aliphatic carbocycles. The minimum atomic E-state index is -0.780. The van der Waals surface area contributed by atoms with E-state index in [4.69, 9.17) is 0 Å². The van der Waals surface area contributed by atoms with Crippen molar-refractivity contribution < 1.29 is 9.59 Å². The highest BCUT2D eigenvalue weighted by Crippen LogP contribution is 2.19. The third-order valence-corrected chi connectivity index (χ3v) is 3.95.